The quantitative estimate of drug-likeness (QED) is 0.200. The van der Waals surface area contributed by atoms with Gasteiger partial charge in [-0.05, 0) is 47.7 Å². The molecule has 4 aromatic carbocycles. The van der Waals surface area contributed by atoms with E-state index in [0.717, 1.165) is 17.7 Å². The summed E-state index contributed by atoms with van der Waals surface area (Å²) in [5, 5.41) is -0.316. The number of hydrogen-bond acceptors (Lipinski definition) is 4. The van der Waals surface area contributed by atoms with E-state index in [2.05, 4.69) is 4.74 Å². The third-order valence-corrected chi connectivity index (χ3v) is 6.31. The largest absolute Gasteiger partial charge is 0.573 e. The number of benzene rings is 4. The zero-order chi connectivity index (χ0) is 32.6. The lowest BCUT2D eigenvalue weighted by atomic mass is 10.0. The Balaban J connectivity index is 0.00000127. The lowest BCUT2D eigenvalue weighted by Crippen LogP contribution is -2.31. The van der Waals surface area contributed by atoms with E-state index in [-0.39, 0.29) is 36.5 Å². The fourth-order valence-electron chi connectivity index (χ4n) is 4.33. The van der Waals surface area contributed by atoms with Gasteiger partial charge in [-0.15, -0.1) is 13.2 Å². The maximum atomic E-state index is 14.7. The van der Waals surface area contributed by atoms with Gasteiger partial charge in [0, 0.05) is 16.9 Å². The van der Waals surface area contributed by atoms with Gasteiger partial charge >= 0.3 is 6.36 Å². The molecule has 0 aliphatic carbocycles. The van der Waals surface area contributed by atoms with E-state index in [1.54, 1.807) is 12.1 Å². The molecule has 0 spiro atoms. The number of alkyl halides is 3. The van der Waals surface area contributed by atoms with Gasteiger partial charge in [-0.3, -0.25) is 0 Å². The Morgan fingerprint density at radius 1 is 0.727 bits per heavy atom. The van der Waals surface area contributed by atoms with Crippen LogP contribution in [0.25, 0.3) is 21.9 Å². The normalized spacial score (nSPS) is 16.4. The predicted molar refractivity (Wildman–Crippen MR) is 153 cm³/mol. The topological polar surface area (TPSA) is 36.9 Å². The van der Waals surface area contributed by atoms with Crippen molar-refractivity contribution in [2.45, 2.75) is 47.3 Å². The van der Waals surface area contributed by atoms with Crippen LogP contribution in [0.2, 0.25) is 0 Å². The van der Waals surface area contributed by atoms with Crippen LogP contribution in [0.5, 0.6) is 11.5 Å². The molecule has 1 aliphatic rings. The highest BCUT2D eigenvalue weighted by atomic mass is 19.4. The number of halogens is 7. The number of aryl methyl sites for hydroxylation is 1. The van der Waals surface area contributed by atoms with Crippen LogP contribution < -0.4 is 9.47 Å². The second kappa shape index (κ2) is 15.3. The molecule has 0 N–H and O–H groups in total. The summed E-state index contributed by atoms with van der Waals surface area (Å²) in [6.07, 6.45) is -6.21. The number of fused-ring (bicyclic) bond motifs is 1. The average Bonchev–Trinajstić information content (AvgIpc) is 3.01. The molecule has 0 unspecified atom stereocenters. The minimum atomic E-state index is -5.26. The Labute approximate surface area is 251 Å². The fourth-order valence-corrected chi connectivity index (χ4v) is 4.33. The van der Waals surface area contributed by atoms with Crippen LogP contribution in [0.4, 0.5) is 30.7 Å². The molecule has 5 rings (SSSR count). The monoisotopic (exact) mass is 626 g/mol. The van der Waals surface area contributed by atoms with Crippen LogP contribution in [0.1, 0.15) is 45.1 Å². The number of rotatable bonds is 6. The van der Waals surface area contributed by atoms with Crippen LogP contribution in [0.15, 0.2) is 60.7 Å². The minimum Gasteiger partial charge on any atom is -0.487 e. The van der Waals surface area contributed by atoms with E-state index in [1.807, 2.05) is 46.8 Å². The Morgan fingerprint density at radius 2 is 1.30 bits per heavy atom. The summed E-state index contributed by atoms with van der Waals surface area (Å²) in [7, 11) is 0. The third-order valence-electron chi connectivity index (χ3n) is 6.31. The lowest BCUT2D eigenvalue weighted by molar-refractivity contribution is -0.276. The molecule has 4 nitrogen and oxygen atoms in total. The van der Waals surface area contributed by atoms with Crippen LogP contribution in [0.3, 0.4) is 0 Å². The first kappa shape index (κ1) is 34.7. The van der Waals surface area contributed by atoms with Gasteiger partial charge < -0.3 is 18.9 Å². The van der Waals surface area contributed by atoms with Crippen molar-refractivity contribution < 1.29 is 49.7 Å². The first-order chi connectivity index (χ1) is 21.0. The Morgan fingerprint density at radius 3 is 1.86 bits per heavy atom. The molecule has 1 fully saturated rings. The minimum absolute atomic E-state index is 0.0280. The standard InChI is InChI=1S/C29H21F7O4.2C2H6/c1-15-2-4-17(5-3-15)19-9-22(30)26(23(31)10-19)37-12-16-13-38-28(39-14-16)18-6-7-21-20(8-18)11-24(32)27(25(21)33)40-29(34,35)36;2*1-2/h2-11,16,28H,12-14H2,1H3;2*1-2H3. The molecule has 1 aliphatic heterocycles. The highest BCUT2D eigenvalue weighted by molar-refractivity contribution is 5.85. The van der Waals surface area contributed by atoms with Crippen molar-refractivity contribution in [3.63, 3.8) is 0 Å². The van der Waals surface area contributed by atoms with Gasteiger partial charge in [0.2, 0.25) is 5.75 Å². The van der Waals surface area contributed by atoms with Crippen LogP contribution in [0, 0.1) is 36.1 Å². The van der Waals surface area contributed by atoms with Crippen molar-refractivity contribution in [2.75, 3.05) is 19.8 Å². The van der Waals surface area contributed by atoms with Crippen LogP contribution >= 0.6 is 0 Å². The molecule has 11 heteroatoms. The van der Waals surface area contributed by atoms with E-state index in [1.165, 1.54) is 24.3 Å². The maximum absolute atomic E-state index is 14.7. The van der Waals surface area contributed by atoms with E-state index < -0.39 is 47.4 Å². The second-order valence-corrected chi connectivity index (χ2v) is 9.34. The predicted octanol–water partition coefficient (Wildman–Crippen LogP) is 10.1. The van der Waals surface area contributed by atoms with Crippen LogP contribution in [-0.4, -0.2) is 26.2 Å². The molecule has 1 heterocycles. The summed E-state index contributed by atoms with van der Waals surface area (Å²) in [5.41, 5.74) is 2.40. The number of hydrogen-bond donors (Lipinski definition) is 0. The molecule has 0 saturated carbocycles. The van der Waals surface area contributed by atoms with Gasteiger partial charge in [0.15, 0.2) is 35.3 Å². The van der Waals surface area contributed by atoms with Gasteiger partial charge in [-0.1, -0.05) is 69.7 Å². The van der Waals surface area contributed by atoms with Gasteiger partial charge in [-0.25, -0.2) is 17.6 Å². The summed E-state index contributed by atoms with van der Waals surface area (Å²) in [4.78, 5) is 0. The van der Waals surface area contributed by atoms with Crippen molar-refractivity contribution in [3.8, 4) is 22.6 Å². The van der Waals surface area contributed by atoms with Gasteiger partial charge in [0.1, 0.15) is 0 Å². The molecule has 44 heavy (non-hydrogen) atoms. The molecule has 0 bridgehead atoms. The molecular formula is C33H33F7O4. The first-order valence-corrected chi connectivity index (χ1v) is 14.1. The van der Waals surface area contributed by atoms with Crippen molar-refractivity contribution in [2.24, 2.45) is 5.92 Å². The van der Waals surface area contributed by atoms with Crippen LogP contribution in [-0.2, 0) is 9.47 Å². The van der Waals surface area contributed by atoms with Crippen molar-refractivity contribution >= 4 is 10.8 Å². The average molecular weight is 627 g/mol. The Hall–Kier alpha value is -3.83. The molecule has 0 atom stereocenters. The Kier molecular flexibility index (Phi) is 12.0. The Bertz CT molecular complexity index is 1510. The second-order valence-electron chi connectivity index (χ2n) is 9.34. The van der Waals surface area contributed by atoms with Gasteiger partial charge in [0.05, 0.1) is 19.8 Å². The zero-order valence-electron chi connectivity index (χ0n) is 24.8. The van der Waals surface area contributed by atoms with Gasteiger partial charge in [-0.2, -0.15) is 0 Å². The highest BCUT2D eigenvalue weighted by Crippen LogP contribution is 2.36. The zero-order valence-corrected chi connectivity index (χ0v) is 24.8. The first-order valence-electron chi connectivity index (χ1n) is 14.1. The van der Waals surface area contributed by atoms with E-state index in [9.17, 15) is 30.7 Å². The smallest absolute Gasteiger partial charge is 0.487 e. The highest BCUT2D eigenvalue weighted by Gasteiger charge is 2.35. The molecule has 0 aromatic heterocycles. The maximum Gasteiger partial charge on any atom is 0.573 e. The van der Waals surface area contributed by atoms with Crippen molar-refractivity contribution in [3.05, 3.63) is 95.1 Å². The summed E-state index contributed by atoms with van der Waals surface area (Å²) < 4.78 is 116. The van der Waals surface area contributed by atoms with Crippen molar-refractivity contribution in [1.82, 2.24) is 0 Å². The van der Waals surface area contributed by atoms with E-state index in [0.29, 0.717) is 16.7 Å². The van der Waals surface area contributed by atoms with Gasteiger partial charge in [0.25, 0.3) is 0 Å². The number of ether oxygens (including phenoxy) is 4. The fraction of sp³-hybridized carbons (Fsp3) is 0.333. The van der Waals surface area contributed by atoms with E-state index >= 15 is 0 Å². The molecular weight excluding hydrogens is 593 g/mol. The summed E-state index contributed by atoms with van der Waals surface area (Å²) in [6, 6.07) is 14.1. The molecule has 0 amide bonds. The third kappa shape index (κ3) is 8.41. The van der Waals surface area contributed by atoms with E-state index in [4.69, 9.17) is 14.2 Å². The van der Waals surface area contributed by atoms with Crippen molar-refractivity contribution in [1.29, 1.82) is 0 Å². The summed E-state index contributed by atoms with van der Waals surface area (Å²) in [6.45, 7) is 9.95. The summed E-state index contributed by atoms with van der Waals surface area (Å²) >= 11 is 0. The molecule has 4 aromatic rings. The SMILES string of the molecule is CC.CC.Cc1ccc(-c2cc(F)c(OCC3COC(c4ccc5c(F)c(OC(F)(F)F)c(F)cc5c4)OC3)c(F)c2)cc1. The molecule has 0 radical (unpaired) electrons. The summed E-state index contributed by atoms with van der Waals surface area (Å²) in [5.74, 6) is -7.18. The lowest BCUT2D eigenvalue weighted by Gasteiger charge is -2.29. The molecule has 238 valence electrons. The molecule has 1 saturated heterocycles.